The molecule has 18 heavy (non-hydrogen) atoms. The van der Waals surface area contributed by atoms with Gasteiger partial charge in [-0.2, -0.15) is 0 Å². The predicted molar refractivity (Wildman–Crippen MR) is 80.5 cm³/mol. The number of hydrogen-bond acceptors (Lipinski definition) is 3. The molecule has 1 aliphatic heterocycles. The topological polar surface area (TPSA) is 20.3 Å². The molecule has 2 nitrogen and oxygen atoms in total. The largest absolute Gasteiger partial charge is 0.293 e. The fraction of sp³-hybridized carbons (Fsp3) is 0.643. The summed E-state index contributed by atoms with van der Waals surface area (Å²) in [6, 6.07) is 4.48. The van der Waals surface area contributed by atoms with Gasteiger partial charge in [0.15, 0.2) is 5.78 Å². The zero-order chi connectivity index (χ0) is 13.0. The molecule has 0 amide bonds. The molecule has 0 saturated carbocycles. The van der Waals surface area contributed by atoms with E-state index in [1.807, 2.05) is 12.1 Å². The number of Topliss-reactive ketones (excluding diaryl/α,β-unsaturated/α-hetero) is 1. The van der Waals surface area contributed by atoms with Crippen LogP contribution in [0.15, 0.2) is 15.9 Å². The summed E-state index contributed by atoms with van der Waals surface area (Å²) in [5.41, 5.74) is 0. The quantitative estimate of drug-likeness (QED) is 0.765. The molecule has 0 bridgehead atoms. The highest BCUT2D eigenvalue weighted by atomic mass is 79.9. The molecule has 0 aliphatic carbocycles. The molecule has 0 aromatic carbocycles. The summed E-state index contributed by atoms with van der Waals surface area (Å²) in [5, 5.41) is 0. The molecule has 1 fully saturated rings. The lowest BCUT2D eigenvalue weighted by atomic mass is 10.1. The molecule has 100 valence electrons. The van der Waals surface area contributed by atoms with Gasteiger partial charge in [-0.15, -0.1) is 11.3 Å². The Kier molecular flexibility index (Phi) is 5.39. The molecule has 1 aromatic rings. The molecular formula is C14H20BrNOS. The highest BCUT2D eigenvalue weighted by Crippen LogP contribution is 2.24. The second-order valence-corrected chi connectivity index (χ2v) is 7.37. The van der Waals surface area contributed by atoms with Crippen molar-refractivity contribution in [2.75, 3.05) is 13.1 Å². The van der Waals surface area contributed by atoms with Gasteiger partial charge >= 0.3 is 0 Å². The molecule has 0 N–H and O–H groups in total. The van der Waals surface area contributed by atoms with Crippen LogP contribution >= 0.6 is 27.3 Å². The number of carbonyl (C=O) groups is 1. The van der Waals surface area contributed by atoms with Gasteiger partial charge in [-0.05, 0) is 53.9 Å². The van der Waals surface area contributed by atoms with Crippen LogP contribution in [0.1, 0.15) is 48.7 Å². The molecule has 2 rings (SSSR count). The molecule has 0 spiro atoms. The number of carbonyl (C=O) groups excluding carboxylic acids is 1. The van der Waals surface area contributed by atoms with Crippen molar-refractivity contribution in [2.24, 2.45) is 0 Å². The van der Waals surface area contributed by atoms with Crippen molar-refractivity contribution < 1.29 is 4.79 Å². The molecule has 0 radical (unpaired) electrons. The monoisotopic (exact) mass is 329 g/mol. The van der Waals surface area contributed by atoms with Gasteiger partial charge in [-0.25, -0.2) is 0 Å². The lowest BCUT2D eigenvalue weighted by Gasteiger charge is -2.28. The number of thiophene rings is 1. The van der Waals surface area contributed by atoms with Crippen LogP contribution in [0.5, 0.6) is 0 Å². The summed E-state index contributed by atoms with van der Waals surface area (Å²) < 4.78 is 1.04. The standard InChI is InChI=1S/C14H20BrNOS/c1-2-11-6-4-3-5-9-16(11)10-12(17)13-7-8-14(15)18-13/h7-8,11H,2-6,9-10H2,1H3. The van der Waals surface area contributed by atoms with Crippen molar-refractivity contribution in [1.29, 1.82) is 0 Å². The third-order valence-corrected chi connectivity index (χ3v) is 5.33. The minimum absolute atomic E-state index is 0.269. The van der Waals surface area contributed by atoms with E-state index in [0.717, 1.165) is 21.6 Å². The number of hydrogen-bond donors (Lipinski definition) is 0. The number of halogens is 1. The van der Waals surface area contributed by atoms with E-state index in [9.17, 15) is 4.79 Å². The fourth-order valence-corrected chi connectivity index (χ4v) is 3.95. The number of ketones is 1. The maximum absolute atomic E-state index is 12.2. The van der Waals surface area contributed by atoms with E-state index < -0.39 is 0 Å². The van der Waals surface area contributed by atoms with Gasteiger partial charge in [-0.1, -0.05) is 19.8 Å². The molecule has 1 aromatic heterocycles. The first-order chi connectivity index (χ1) is 8.70. The Hall–Kier alpha value is -0.190. The summed E-state index contributed by atoms with van der Waals surface area (Å²) in [5.74, 6) is 0.269. The maximum atomic E-state index is 12.2. The van der Waals surface area contributed by atoms with Gasteiger partial charge < -0.3 is 0 Å². The summed E-state index contributed by atoms with van der Waals surface area (Å²) in [6.07, 6.45) is 6.26. The van der Waals surface area contributed by atoms with Crippen molar-refractivity contribution in [2.45, 2.75) is 45.1 Å². The van der Waals surface area contributed by atoms with Crippen LogP contribution in [0, 0.1) is 0 Å². The number of rotatable bonds is 4. The number of nitrogens with zero attached hydrogens (tertiary/aromatic N) is 1. The Bertz CT molecular complexity index is 404. The Morgan fingerprint density at radius 1 is 1.44 bits per heavy atom. The Morgan fingerprint density at radius 2 is 2.28 bits per heavy atom. The van der Waals surface area contributed by atoms with Gasteiger partial charge in [0.2, 0.25) is 0 Å². The van der Waals surface area contributed by atoms with Gasteiger partial charge in [-0.3, -0.25) is 9.69 Å². The van der Waals surface area contributed by atoms with Crippen LogP contribution in [0.3, 0.4) is 0 Å². The van der Waals surface area contributed by atoms with Crippen molar-refractivity contribution in [3.05, 3.63) is 20.8 Å². The molecular weight excluding hydrogens is 310 g/mol. The summed E-state index contributed by atoms with van der Waals surface area (Å²) in [6.45, 7) is 3.90. The lowest BCUT2D eigenvalue weighted by Crippen LogP contribution is -2.38. The normalized spacial score (nSPS) is 21.8. The van der Waals surface area contributed by atoms with Gasteiger partial charge in [0, 0.05) is 6.04 Å². The Morgan fingerprint density at radius 3 is 2.94 bits per heavy atom. The zero-order valence-electron chi connectivity index (χ0n) is 10.8. The fourth-order valence-electron chi connectivity index (χ4n) is 2.63. The molecule has 1 aliphatic rings. The Balaban J connectivity index is 1.99. The first-order valence-electron chi connectivity index (χ1n) is 6.73. The van der Waals surface area contributed by atoms with Crippen molar-refractivity contribution in [1.82, 2.24) is 4.90 Å². The first kappa shape index (κ1) is 14.2. The molecule has 4 heteroatoms. The summed E-state index contributed by atoms with van der Waals surface area (Å²) in [4.78, 5) is 15.5. The highest BCUT2D eigenvalue weighted by Gasteiger charge is 2.22. The molecule has 1 saturated heterocycles. The van der Waals surface area contributed by atoms with Crippen molar-refractivity contribution in [3.63, 3.8) is 0 Å². The molecule has 1 unspecified atom stereocenters. The minimum atomic E-state index is 0.269. The minimum Gasteiger partial charge on any atom is -0.293 e. The van der Waals surface area contributed by atoms with Crippen LogP contribution in [-0.2, 0) is 0 Å². The lowest BCUT2D eigenvalue weighted by molar-refractivity contribution is 0.0894. The van der Waals surface area contributed by atoms with Gasteiger partial charge in [0.05, 0.1) is 15.2 Å². The van der Waals surface area contributed by atoms with Crippen molar-refractivity contribution >= 4 is 33.0 Å². The third kappa shape index (κ3) is 3.65. The smallest absolute Gasteiger partial charge is 0.186 e. The van der Waals surface area contributed by atoms with Crippen molar-refractivity contribution in [3.8, 4) is 0 Å². The van der Waals surface area contributed by atoms with E-state index in [-0.39, 0.29) is 5.78 Å². The van der Waals surface area contributed by atoms with E-state index in [4.69, 9.17) is 0 Å². The van der Waals surface area contributed by atoms with E-state index in [1.165, 1.54) is 37.0 Å². The summed E-state index contributed by atoms with van der Waals surface area (Å²) in [7, 11) is 0. The van der Waals surface area contributed by atoms with Crippen LogP contribution in [-0.4, -0.2) is 29.8 Å². The third-order valence-electron chi connectivity index (χ3n) is 3.67. The maximum Gasteiger partial charge on any atom is 0.186 e. The first-order valence-corrected chi connectivity index (χ1v) is 8.34. The van der Waals surface area contributed by atoms with E-state index >= 15 is 0 Å². The zero-order valence-corrected chi connectivity index (χ0v) is 13.2. The van der Waals surface area contributed by atoms with E-state index in [2.05, 4.69) is 27.8 Å². The van der Waals surface area contributed by atoms with Crippen LogP contribution in [0.2, 0.25) is 0 Å². The van der Waals surface area contributed by atoms with Gasteiger partial charge in [0.1, 0.15) is 0 Å². The summed E-state index contributed by atoms with van der Waals surface area (Å²) >= 11 is 4.96. The predicted octanol–water partition coefficient (Wildman–Crippen LogP) is 4.35. The SMILES string of the molecule is CCC1CCCCCN1CC(=O)c1ccc(Br)s1. The van der Waals surface area contributed by atoms with E-state index in [0.29, 0.717) is 12.6 Å². The van der Waals surface area contributed by atoms with Gasteiger partial charge in [0.25, 0.3) is 0 Å². The second-order valence-electron chi connectivity index (χ2n) is 4.91. The second kappa shape index (κ2) is 6.83. The van der Waals surface area contributed by atoms with E-state index in [1.54, 1.807) is 0 Å². The Labute approximate surface area is 122 Å². The highest BCUT2D eigenvalue weighted by molar-refractivity contribution is 9.11. The average Bonchev–Trinajstić information content (AvgIpc) is 2.67. The van der Waals surface area contributed by atoms with Crippen LogP contribution < -0.4 is 0 Å². The van der Waals surface area contributed by atoms with Crippen LogP contribution in [0.25, 0.3) is 0 Å². The number of likely N-dealkylation sites (tertiary alicyclic amines) is 1. The molecule has 2 heterocycles. The average molecular weight is 330 g/mol. The molecule has 1 atom stereocenters. The van der Waals surface area contributed by atoms with Crippen LogP contribution in [0.4, 0.5) is 0 Å².